The Morgan fingerprint density at radius 2 is 1.62 bits per heavy atom. The molecule has 0 atom stereocenters. The average molecular weight is 279 g/mol. The molecule has 21 heavy (non-hydrogen) atoms. The fourth-order valence-electron chi connectivity index (χ4n) is 2.29. The first-order valence-corrected chi connectivity index (χ1v) is 7.21. The minimum atomic E-state index is 0.0212. The van der Waals surface area contributed by atoms with Crippen molar-refractivity contribution < 1.29 is 9.59 Å². The molecule has 1 N–H and O–H groups in total. The van der Waals surface area contributed by atoms with Gasteiger partial charge in [0, 0.05) is 17.9 Å². The molecule has 1 saturated carbocycles. The van der Waals surface area contributed by atoms with Crippen LogP contribution in [0.5, 0.6) is 0 Å². The summed E-state index contributed by atoms with van der Waals surface area (Å²) in [6.45, 7) is 0. The number of ketones is 1. The largest absolute Gasteiger partial charge is 0.325 e. The second-order valence-corrected chi connectivity index (χ2v) is 5.39. The number of carbonyl (C=O) groups is 2. The Balaban J connectivity index is 1.77. The summed E-state index contributed by atoms with van der Waals surface area (Å²) < 4.78 is 0. The molecule has 0 unspecified atom stereocenters. The summed E-state index contributed by atoms with van der Waals surface area (Å²) in [6.07, 6.45) is 2.25. The van der Waals surface area contributed by atoms with Gasteiger partial charge in [-0.25, -0.2) is 0 Å². The van der Waals surface area contributed by atoms with Crippen molar-refractivity contribution in [3.8, 4) is 0 Å². The van der Waals surface area contributed by atoms with Crippen LogP contribution in [0.2, 0.25) is 0 Å². The Morgan fingerprint density at radius 3 is 2.33 bits per heavy atom. The van der Waals surface area contributed by atoms with Gasteiger partial charge >= 0.3 is 0 Å². The van der Waals surface area contributed by atoms with Crippen LogP contribution in [0.15, 0.2) is 54.6 Å². The van der Waals surface area contributed by atoms with Crippen LogP contribution in [0, 0.1) is 5.92 Å². The summed E-state index contributed by atoms with van der Waals surface area (Å²) in [5.74, 6) is 0.171. The number of Topliss-reactive ketones (excluding diaryl/α,β-unsaturated/α-hetero) is 1. The van der Waals surface area contributed by atoms with E-state index in [0.717, 1.165) is 18.4 Å². The molecule has 0 saturated heterocycles. The Bertz CT molecular complexity index is 660. The standard InChI is InChI=1S/C18H17NO2/c20-17(12-13-6-2-1-3-7-13)15-8-4-5-9-16(15)19-18(21)14-10-11-14/h1-9,14H,10-12H2,(H,19,21). The van der Waals surface area contributed by atoms with Crippen LogP contribution in [0.3, 0.4) is 0 Å². The minimum absolute atomic E-state index is 0.0212. The van der Waals surface area contributed by atoms with E-state index in [9.17, 15) is 9.59 Å². The van der Waals surface area contributed by atoms with Gasteiger partial charge < -0.3 is 5.32 Å². The number of rotatable bonds is 5. The maximum atomic E-state index is 12.5. The highest BCUT2D eigenvalue weighted by atomic mass is 16.2. The Kier molecular flexibility index (Phi) is 3.82. The monoisotopic (exact) mass is 279 g/mol. The summed E-state index contributed by atoms with van der Waals surface area (Å²) in [5.41, 5.74) is 2.18. The molecule has 3 nitrogen and oxygen atoms in total. The van der Waals surface area contributed by atoms with Crippen molar-refractivity contribution >= 4 is 17.4 Å². The zero-order chi connectivity index (χ0) is 14.7. The van der Waals surface area contributed by atoms with Gasteiger partial charge in [0.25, 0.3) is 0 Å². The topological polar surface area (TPSA) is 46.2 Å². The van der Waals surface area contributed by atoms with E-state index < -0.39 is 0 Å². The zero-order valence-electron chi connectivity index (χ0n) is 11.7. The number of carbonyl (C=O) groups excluding carboxylic acids is 2. The quantitative estimate of drug-likeness (QED) is 0.852. The van der Waals surface area contributed by atoms with Crippen LogP contribution in [-0.4, -0.2) is 11.7 Å². The van der Waals surface area contributed by atoms with E-state index in [0.29, 0.717) is 17.7 Å². The van der Waals surface area contributed by atoms with Crippen molar-refractivity contribution in [2.45, 2.75) is 19.3 Å². The van der Waals surface area contributed by atoms with Crippen LogP contribution < -0.4 is 5.32 Å². The molecule has 3 rings (SSSR count). The van der Waals surface area contributed by atoms with Crippen LogP contribution in [0.1, 0.15) is 28.8 Å². The molecule has 0 aliphatic heterocycles. The first-order chi connectivity index (χ1) is 10.2. The lowest BCUT2D eigenvalue weighted by atomic mass is 10.0. The lowest BCUT2D eigenvalue weighted by molar-refractivity contribution is -0.117. The maximum Gasteiger partial charge on any atom is 0.227 e. The van der Waals surface area contributed by atoms with Gasteiger partial charge in [0.05, 0.1) is 5.69 Å². The first-order valence-electron chi connectivity index (χ1n) is 7.21. The van der Waals surface area contributed by atoms with E-state index in [4.69, 9.17) is 0 Å². The van der Waals surface area contributed by atoms with Crippen LogP contribution in [0.4, 0.5) is 5.69 Å². The van der Waals surface area contributed by atoms with Crippen LogP contribution in [-0.2, 0) is 11.2 Å². The van der Waals surface area contributed by atoms with Crippen molar-refractivity contribution in [1.82, 2.24) is 0 Å². The van der Waals surface area contributed by atoms with E-state index >= 15 is 0 Å². The van der Waals surface area contributed by atoms with E-state index in [2.05, 4.69) is 5.32 Å². The van der Waals surface area contributed by atoms with E-state index in [-0.39, 0.29) is 17.6 Å². The molecule has 1 fully saturated rings. The highest BCUT2D eigenvalue weighted by Gasteiger charge is 2.30. The SMILES string of the molecule is O=C(Cc1ccccc1)c1ccccc1NC(=O)C1CC1. The van der Waals surface area contributed by atoms with Gasteiger partial charge in [-0.2, -0.15) is 0 Å². The molecule has 0 bridgehead atoms. The molecular weight excluding hydrogens is 262 g/mol. The molecule has 3 heteroatoms. The summed E-state index contributed by atoms with van der Waals surface area (Å²) in [7, 11) is 0. The lowest BCUT2D eigenvalue weighted by Crippen LogP contribution is -2.16. The normalized spacial score (nSPS) is 13.7. The molecule has 1 aliphatic rings. The number of hydrogen-bond acceptors (Lipinski definition) is 2. The molecular formula is C18H17NO2. The Morgan fingerprint density at radius 1 is 0.952 bits per heavy atom. The fraction of sp³-hybridized carbons (Fsp3) is 0.222. The molecule has 0 aromatic heterocycles. The lowest BCUT2D eigenvalue weighted by Gasteiger charge is -2.10. The van der Waals surface area contributed by atoms with Crippen LogP contribution >= 0.6 is 0 Å². The van der Waals surface area contributed by atoms with Gasteiger partial charge in [-0.05, 0) is 30.5 Å². The summed E-state index contributed by atoms with van der Waals surface area (Å²) in [5, 5.41) is 2.88. The number of nitrogens with one attached hydrogen (secondary N) is 1. The van der Waals surface area contributed by atoms with E-state index in [1.54, 1.807) is 12.1 Å². The number of para-hydroxylation sites is 1. The maximum absolute atomic E-state index is 12.5. The van der Waals surface area contributed by atoms with Crippen molar-refractivity contribution in [3.05, 3.63) is 65.7 Å². The summed E-state index contributed by atoms with van der Waals surface area (Å²) >= 11 is 0. The van der Waals surface area contributed by atoms with Gasteiger partial charge in [0.15, 0.2) is 5.78 Å². The number of hydrogen-bond donors (Lipinski definition) is 1. The number of anilines is 1. The van der Waals surface area contributed by atoms with Gasteiger partial charge in [-0.1, -0.05) is 42.5 Å². The van der Waals surface area contributed by atoms with Gasteiger partial charge in [-0.15, -0.1) is 0 Å². The highest BCUT2D eigenvalue weighted by Crippen LogP contribution is 2.30. The number of amides is 1. The van der Waals surface area contributed by atoms with Crippen molar-refractivity contribution in [1.29, 1.82) is 0 Å². The smallest absolute Gasteiger partial charge is 0.227 e. The average Bonchev–Trinajstić information content (AvgIpc) is 3.33. The predicted molar refractivity (Wildman–Crippen MR) is 82.3 cm³/mol. The van der Waals surface area contributed by atoms with Crippen molar-refractivity contribution in [2.24, 2.45) is 5.92 Å². The third-order valence-electron chi connectivity index (χ3n) is 3.64. The first kappa shape index (κ1) is 13.6. The molecule has 0 spiro atoms. The number of benzene rings is 2. The van der Waals surface area contributed by atoms with Crippen molar-refractivity contribution in [3.63, 3.8) is 0 Å². The minimum Gasteiger partial charge on any atom is -0.325 e. The highest BCUT2D eigenvalue weighted by molar-refractivity contribution is 6.06. The molecule has 1 aliphatic carbocycles. The molecule has 0 heterocycles. The molecule has 2 aromatic rings. The predicted octanol–water partition coefficient (Wildman–Crippen LogP) is 3.46. The van der Waals surface area contributed by atoms with Gasteiger partial charge in [0.2, 0.25) is 5.91 Å². The Labute approximate surface area is 124 Å². The fourth-order valence-corrected chi connectivity index (χ4v) is 2.29. The van der Waals surface area contributed by atoms with Crippen LogP contribution in [0.25, 0.3) is 0 Å². The van der Waals surface area contributed by atoms with E-state index in [1.165, 1.54) is 0 Å². The second kappa shape index (κ2) is 5.92. The zero-order valence-corrected chi connectivity index (χ0v) is 11.7. The van der Waals surface area contributed by atoms with E-state index in [1.807, 2.05) is 42.5 Å². The third kappa shape index (κ3) is 3.37. The Hall–Kier alpha value is -2.42. The second-order valence-electron chi connectivity index (χ2n) is 5.39. The molecule has 1 amide bonds. The third-order valence-corrected chi connectivity index (χ3v) is 3.64. The van der Waals surface area contributed by atoms with Crippen molar-refractivity contribution in [2.75, 3.05) is 5.32 Å². The summed E-state index contributed by atoms with van der Waals surface area (Å²) in [6, 6.07) is 16.9. The summed E-state index contributed by atoms with van der Waals surface area (Å²) in [4.78, 5) is 24.3. The molecule has 2 aromatic carbocycles. The van der Waals surface area contributed by atoms with Gasteiger partial charge in [0.1, 0.15) is 0 Å². The molecule has 106 valence electrons. The molecule has 0 radical (unpaired) electrons. The van der Waals surface area contributed by atoms with Gasteiger partial charge in [-0.3, -0.25) is 9.59 Å².